The Bertz CT molecular complexity index is 325. The van der Waals surface area contributed by atoms with Gasteiger partial charge >= 0.3 is 6.09 Å². The molecule has 0 aliphatic rings. The zero-order chi connectivity index (χ0) is 12.0. The molecule has 0 saturated carbocycles. The smallest absolute Gasteiger partial charge is 0.410 e. The fourth-order valence-electron chi connectivity index (χ4n) is 1.44. The lowest BCUT2D eigenvalue weighted by atomic mass is 10.1. The molecular weight excluding hydrogens is 204 g/mol. The molecule has 0 spiro atoms. The summed E-state index contributed by atoms with van der Waals surface area (Å²) in [5.41, 5.74) is 5.63. The van der Waals surface area contributed by atoms with E-state index < -0.39 is 6.09 Å². The molecule has 0 bridgehead atoms. The van der Waals surface area contributed by atoms with Gasteiger partial charge in [0.05, 0.1) is 0 Å². The van der Waals surface area contributed by atoms with Crippen molar-refractivity contribution in [2.24, 2.45) is 5.73 Å². The molecule has 0 radical (unpaired) electrons. The average molecular weight is 222 g/mol. The minimum atomic E-state index is -0.445. The summed E-state index contributed by atoms with van der Waals surface area (Å²) in [5.74, 6) is 0.535. The number of para-hydroxylation sites is 1. The van der Waals surface area contributed by atoms with E-state index in [0.717, 1.165) is 6.42 Å². The maximum atomic E-state index is 11.4. The molecule has 2 unspecified atom stereocenters. The molecule has 0 aliphatic heterocycles. The van der Waals surface area contributed by atoms with Gasteiger partial charge in [0.2, 0.25) is 0 Å². The number of benzene rings is 1. The topological polar surface area (TPSA) is 64.3 Å². The molecule has 16 heavy (non-hydrogen) atoms. The Morgan fingerprint density at radius 1 is 1.38 bits per heavy atom. The first-order valence-corrected chi connectivity index (χ1v) is 5.37. The molecule has 4 heteroatoms. The molecule has 0 fully saturated rings. The number of amides is 1. The van der Waals surface area contributed by atoms with Crippen molar-refractivity contribution in [1.29, 1.82) is 0 Å². The van der Waals surface area contributed by atoms with E-state index in [-0.39, 0.29) is 12.1 Å². The molecule has 2 atom stereocenters. The van der Waals surface area contributed by atoms with Crippen LogP contribution >= 0.6 is 0 Å². The first-order chi connectivity index (χ1) is 7.58. The van der Waals surface area contributed by atoms with Gasteiger partial charge in [0.15, 0.2) is 0 Å². The Hall–Kier alpha value is -1.55. The van der Waals surface area contributed by atoms with E-state index in [1.165, 1.54) is 0 Å². The van der Waals surface area contributed by atoms with Crippen molar-refractivity contribution < 1.29 is 9.53 Å². The van der Waals surface area contributed by atoms with Crippen LogP contribution in [0.15, 0.2) is 30.3 Å². The fraction of sp³-hybridized carbons (Fsp3) is 0.417. The summed E-state index contributed by atoms with van der Waals surface area (Å²) in [6.45, 7) is 3.80. The van der Waals surface area contributed by atoms with Crippen LogP contribution < -0.4 is 15.8 Å². The van der Waals surface area contributed by atoms with Crippen molar-refractivity contribution in [1.82, 2.24) is 5.32 Å². The van der Waals surface area contributed by atoms with Crippen LogP contribution in [0.4, 0.5) is 4.79 Å². The lowest BCUT2D eigenvalue weighted by Crippen LogP contribution is -2.38. The van der Waals surface area contributed by atoms with Crippen LogP contribution in [0.1, 0.15) is 20.3 Å². The zero-order valence-electron chi connectivity index (χ0n) is 9.64. The molecule has 0 aromatic heterocycles. The van der Waals surface area contributed by atoms with Crippen molar-refractivity contribution in [3.8, 4) is 5.75 Å². The molecule has 1 amide bonds. The Labute approximate surface area is 95.8 Å². The van der Waals surface area contributed by atoms with Crippen LogP contribution in [-0.4, -0.2) is 18.2 Å². The van der Waals surface area contributed by atoms with Crippen molar-refractivity contribution in [3.63, 3.8) is 0 Å². The van der Waals surface area contributed by atoms with Crippen LogP contribution in [0, 0.1) is 0 Å². The highest BCUT2D eigenvalue weighted by Gasteiger charge is 2.10. The van der Waals surface area contributed by atoms with Gasteiger partial charge in [-0.1, -0.05) is 18.2 Å². The number of ether oxygens (including phenoxy) is 1. The third-order valence-corrected chi connectivity index (χ3v) is 2.04. The summed E-state index contributed by atoms with van der Waals surface area (Å²) in [5, 5.41) is 2.72. The van der Waals surface area contributed by atoms with Gasteiger partial charge in [-0.25, -0.2) is 4.79 Å². The Kier molecular flexibility index (Phi) is 4.79. The van der Waals surface area contributed by atoms with Crippen LogP contribution in [0.2, 0.25) is 0 Å². The van der Waals surface area contributed by atoms with E-state index in [1.54, 1.807) is 12.1 Å². The predicted molar refractivity (Wildman–Crippen MR) is 63.3 cm³/mol. The summed E-state index contributed by atoms with van der Waals surface area (Å²) in [6, 6.07) is 9.03. The van der Waals surface area contributed by atoms with E-state index >= 15 is 0 Å². The maximum Gasteiger partial charge on any atom is 0.412 e. The van der Waals surface area contributed by atoms with Gasteiger partial charge in [-0.15, -0.1) is 0 Å². The number of nitrogens with two attached hydrogens (primary N) is 1. The molecule has 1 aromatic rings. The summed E-state index contributed by atoms with van der Waals surface area (Å²) < 4.78 is 5.08. The van der Waals surface area contributed by atoms with E-state index in [0.29, 0.717) is 5.75 Å². The molecule has 1 rings (SSSR count). The van der Waals surface area contributed by atoms with Crippen LogP contribution in [0.3, 0.4) is 0 Å². The van der Waals surface area contributed by atoms with Crippen LogP contribution in [0.25, 0.3) is 0 Å². The third-order valence-electron chi connectivity index (χ3n) is 2.04. The first kappa shape index (κ1) is 12.5. The number of rotatable bonds is 4. The second-order valence-corrected chi connectivity index (χ2v) is 3.96. The molecule has 88 valence electrons. The lowest BCUT2D eigenvalue weighted by Gasteiger charge is -2.15. The Morgan fingerprint density at radius 3 is 2.56 bits per heavy atom. The zero-order valence-corrected chi connectivity index (χ0v) is 9.64. The monoisotopic (exact) mass is 222 g/mol. The van der Waals surface area contributed by atoms with Gasteiger partial charge in [-0.2, -0.15) is 0 Å². The highest BCUT2D eigenvalue weighted by Crippen LogP contribution is 2.08. The highest BCUT2D eigenvalue weighted by molar-refractivity contribution is 5.70. The highest BCUT2D eigenvalue weighted by atomic mass is 16.6. The number of carbonyl (C=O) groups excluding carboxylic acids is 1. The summed E-state index contributed by atoms with van der Waals surface area (Å²) in [7, 11) is 0. The van der Waals surface area contributed by atoms with Crippen molar-refractivity contribution >= 4 is 6.09 Å². The molecule has 3 N–H and O–H groups in total. The van der Waals surface area contributed by atoms with Crippen molar-refractivity contribution in [2.45, 2.75) is 32.4 Å². The van der Waals surface area contributed by atoms with Gasteiger partial charge in [0, 0.05) is 12.1 Å². The standard InChI is InChI=1S/C12H18N2O2/c1-9(13)8-10(2)14-12(15)16-11-6-4-3-5-7-11/h3-7,9-10H,8,13H2,1-2H3,(H,14,15). The second-order valence-electron chi connectivity index (χ2n) is 3.96. The Morgan fingerprint density at radius 2 is 2.00 bits per heavy atom. The molecule has 0 saturated heterocycles. The lowest BCUT2D eigenvalue weighted by molar-refractivity contribution is 0.196. The summed E-state index contributed by atoms with van der Waals surface area (Å²) in [6.07, 6.45) is 0.281. The molecule has 4 nitrogen and oxygen atoms in total. The SMILES string of the molecule is CC(N)CC(C)NC(=O)Oc1ccccc1. The summed E-state index contributed by atoms with van der Waals surface area (Å²) >= 11 is 0. The van der Waals surface area contributed by atoms with E-state index in [4.69, 9.17) is 10.5 Å². The maximum absolute atomic E-state index is 11.4. The first-order valence-electron chi connectivity index (χ1n) is 5.37. The minimum Gasteiger partial charge on any atom is -0.410 e. The molecule has 0 heterocycles. The fourth-order valence-corrected chi connectivity index (χ4v) is 1.44. The predicted octanol–water partition coefficient (Wildman–Crippen LogP) is 1.90. The number of carbonyl (C=O) groups is 1. The minimum absolute atomic E-state index is 0.0104. The van der Waals surface area contributed by atoms with Crippen LogP contribution in [-0.2, 0) is 0 Å². The largest absolute Gasteiger partial charge is 0.412 e. The Balaban J connectivity index is 2.36. The van der Waals surface area contributed by atoms with Gasteiger partial charge in [0.25, 0.3) is 0 Å². The van der Waals surface area contributed by atoms with Crippen molar-refractivity contribution in [2.75, 3.05) is 0 Å². The average Bonchev–Trinajstić information content (AvgIpc) is 2.17. The van der Waals surface area contributed by atoms with Gasteiger partial charge in [-0.05, 0) is 32.4 Å². The van der Waals surface area contributed by atoms with Gasteiger partial charge < -0.3 is 15.8 Å². The van der Waals surface area contributed by atoms with E-state index in [1.807, 2.05) is 32.0 Å². The van der Waals surface area contributed by atoms with Gasteiger partial charge in [-0.3, -0.25) is 0 Å². The molecule has 0 aliphatic carbocycles. The van der Waals surface area contributed by atoms with Crippen molar-refractivity contribution in [3.05, 3.63) is 30.3 Å². The van der Waals surface area contributed by atoms with E-state index in [2.05, 4.69) is 5.32 Å². The normalized spacial score (nSPS) is 13.9. The third kappa shape index (κ3) is 4.79. The summed E-state index contributed by atoms with van der Waals surface area (Å²) in [4.78, 5) is 11.4. The van der Waals surface area contributed by atoms with Crippen LogP contribution in [0.5, 0.6) is 5.75 Å². The number of nitrogens with one attached hydrogen (secondary N) is 1. The quantitative estimate of drug-likeness (QED) is 0.817. The molecular formula is C12H18N2O2. The van der Waals surface area contributed by atoms with Gasteiger partial charge in [0.1, 0.15) is 5.75 Å². The van der Waals surface area contributed by atoms with E-state index in [9.17, 15) is 4.79 Å². The second kappa shape index (κ2) is 6.12. The number of hydrogen-bond donors (Lipinski definition) is 2. The molecule has 1 aromatic carbocycles. The number of hydrogen-bond acceptors (Lipinski definition) is 3.